The Bertz CT molecular complexity index is 734. The molecule has 0 radical (unpaired) electrons. The number of hydrogen-bond acceptors (Lipinski definition) is 5. The Kier molecular flexibility index (Phi) is 4.88. The van der Waals surface area contributed by atoms with Crippen molar-refractivity contribution in [3.8, 4) is 0 Å². The van der Waals surface area contributed by atoms with Crippen LogP contribution in [-0.2, 0) is 0 Å². The highest BCUT2D eigenvalue weighted by Crippen LogP contribution is 2.34. The Morgan fingerprint density at radius 3 is 2.79 bits per heavy atom. The summed E-state index contributed by atoms with van der Waals surface area (Å²) in [5.41, 5.74) is 1.83. The summed E-state index contributed by atoms with van der Waals surface area (Å²) in [6, 6.07) is 3.89. The van der Waals surface area contributed by atoms with Gasteiger partial charge in [0.1, 0.15) is 10.7 Å². The lowest BCUT2D eigenvalue weighted by molar-refractivity contribution is 0.0980. The zero-order valence-electron chi connectivity index (χ0n) is 13.2. The predicted molar refractivity (Wildman–Crippen MR) is 98.7 cm³/mol. The molecule has 0 bridgehead atoms. The summed E-state index contributed by atoms with van der Waals surface area (Å²) in [5, 5.41) is 3.36. The van der Waals surface area contributed by atoms with E-state index in [1.807, 2.05) is 13.8 Å². The van der Waals surface area contributed by atoms with Crippen LogP contribution in [0.5, 0.6) is 0 Å². The normalized spacial score (nSPS) is 22.5. The van der Waals surface area contributed by atoms with E-state index in [1.165, 1.54) is 29.7 Å². The van der Waals surface area contributed by atoms with Gasteiger partial charge in [0.05, 0.1) is 23.1 Å². The molecule has 3 rings (SSSR count). The van der Waals surface area contributed by atoms with Gasteiger partial charge in [0.15, 0.2) is 0 Å². The fourth-order valence-electron chi connectivity index (χ4n) is 3.00. The fourth-order valence-corrected chi connectivity index (χ4v) is 4.36. The second kappa shape index (κ2) is 6.63. The maximum atomic E-state index is 13.9. The summed E-state index contributed by atoms with van der Waals surface area (Å²) in [6.07, 6.45) is 2.20. The van der Waals surface area contributed by atoms with Crippen molar-refractivity contribution in [1.82, 2.24) is 10.3 Å². The summed E-state index contributed by atoms with van der Waals surface area (Å²) in [5.74, 6) is -0.719. The van der Waals surface area contributed by atoms with Crippen molar-refractivity contribution in [1.29, 1.82) is 0 Å². The van der Waals surface area contributed by atoms with Gasteiger partial charge in [-0.15, -0.1) is 11.3 Å². The third-order valence-electron chi connectivity index (χ3n) is 3.94. The van der Waals surface area contributed by atoms with Crippen molar-refractivity contribution >= 4 is 47.2 Å². The summed E-state index contributed by atoms with van der Waals surface area (Å²) in [6.45, 7) is 4.09. The van der Waals surface area contributed by atoms with Crippen molar-refractivity contribution in [3.05, 3.63) is 45.6 Å². The smallest absolute Gasteiger partial charge is 0.270 e. The van der Waals surface area contributed by atoms with Crippen LogP contribution in [0.15, 0.2) is 29.9 Å². The van der Waals surface area contributed by atoms with Gasteiger partial charge >= 0.3 is 0 Å². The molecule has 2 heterocycles. The largest absolute Gasteiger partial charge is 0.302 e. The summed E-state index contributed by atoms with van der Waals surface area (Å²) >= 11 is 11.8. The highest BCUT2D eigenvalue weighted by atomic mass is 35.5. The average Bonchev–Trinajstić information content (AvgIpc) is 3.06. The van der Waals surface area contributed by atoms with E-state index >= 15 is 0 Å². The number of benzene rings is 1. The highest BCUT2D eigenvalue weighted by molar-refractivity contribution is 7.81. The van der Waals surface area contributed by atoms with Crippen molar-refractivity contribution in [2.24, 2.45) is 0 Å². The molecule has 1 aliphatic rings. The van der Waals surface area contributed by atoms with Gasteiger partial charge in [-0.05, 0) is 38.5 Å². The first-order valence-electron chi connectivity index (χ1n) is 7.41. The van der Waals surface area contributed by atoms with Gasteiger partial charge in [0.25, 0.3) is 5.91 Å². The number of nitrogens with one attached hydrogen (secondary N) is 1. The molecule has 0 spiro atoms. The van der Waals surface area contributed by atoms with Crippen LogP contribution in [0, 0.1) is 5.82 Å². The minimum absolute atomic E-state index is 0.180. The van der Waals surface area contributed by atoms with Gasteiger partial charge in [-0.25, -0.2) is 4.39 Å². The van der Waals surface area contributed by atoms with Gasteiger partial charge in [-0.2, -0.15) is 12.6 Å². The van der Waals surface area contributed by atoms with E-state index in [4.69, 9.17) is 11.6 Å². The van der Waals surface area contributed by atoms with Crippen molar-refractivity contribution in [2.45, 2.75) is 37.2 Å². The Hall–Kier alpha value is -1.15. The molecule has 2 atom stereocenters. The minimum Gasteiger partial charge on any atom is -0.302 e. The molecule has 128 valence electrons. The number of aromatic nitrogens is 1. The molecule has 1 aliphatic heterocycles. The molecule has 1 aromatic carbocycles. The molecule has 0 aliphatic carbocycles. The molecule has 0 saturated carbocycles. The summed E-state index contributed by atoms with van der Waals surface area (Å²) in [7, 11) is 0. The maximum absolute atomic E-state index is 13.9. The van der Waals surface area contributed by atoms with E-state index < -0.39 is 5.82 Å². The molecule has 4 nitrogen and oxygen atoms in total. The highest BCUT2D eigenvalue weighted by Gasteiger charge is 2.42. The minimum atomic E-state index is -0.486. The van der Waals surface area contributed by atoms with Gasteiger partial charge < -0.3 is 4.90 Å². The Labute approximate surface area is 154 Å². The van der Waals surface area contributed by atoms with E-state index in [9.17, 15) is 9.18 Å². The second-order valence-electron chi connectivity index (χ2n) is 6.41. The monoisotopic (exact) mass is 385 g/mol. The number of thiazole rings is 1. The fraction of sp³-hybridized carbons (Fsp3) is 0.375. The second-order valence-corrected chi connectivity index (χ2v) is 8.29. The molecule has 1 aromatic heterocycles. The van der Waals surface area contributed by atoms with E-state index in [2.05, 4.69) is 22.9 Å². The first-order valence-corrected chi connectivity index (χ1v) is 9.18. The van der Waals surface area contributed by atoms with Crippen molar-refractivity contribution < 1.29 is 9.18 Å². The van der Waals surface area contributed by atoms with Gasteiger partial charge in [-0.3, -0.25) is 15.1 Å². The summed E-state index contributed by atoms with van der Waals surface area (Å²) < 4.78 is 13.9. The number of amides is 1. The van der Waals surface area contributed by atoms with Gasteiger partial charge in [0.2, 0.25) is 0 Å². The first-order chi connectivity index (χ1) is 11.3. The van der Waals surface area contributed by atoms with Crippen LogP contribution < -0.4 is 10.2 Å². The lowest BCUT2D eigenvalue weighted by Gasteiger charge is -2.31. The molecular weight excluding hydrogens is 369 g/mol. The predicted octanol–water partition coefficient (Wildman–Crippen LogP) is 3.98. The van der Waals surface area contributed by atoms with Crippen LogP contribution in [0.1, 0.15) is 29.9 Å². The molecule has 1 saturated heterocycles. The standard InChI is InChI=1S/C16H17ClFN3OS2/c1-16(2)6-12(14(23)20-16)21(15(22)13-7-19-8-24-13)11-4-9(17)3-10(18)5-11/h3-5,7-8,12,14,20,23H,6H2,1-2H3. The zero-order valence-corrected chi connectivity index (χ0v) is 15.6. The lowest BCUT2D eigenvalue weighted by Crippen LogP contribution is -2.45. The number of carbonyl (C=O) groups is 1. The maximum Gasteiger partial charge on any atom is 0.270 e. The van der Waals surface area contributed by atoms with Crippen LogP contribution in [0.3, 0.4) is 0 Å². The molecule has 2 aromatic rings. The number of thiol groups is 1. The zero-order chi connectivity index (χ0) is 17.5. The van der Waals surface area contributed by atoms with E-state index in [0.29, 0.717) is 17.0 Å². The van der Waals surface area contributed by atoms with Crippen LogP contribution in [-0.4, -0.2) is 27.8 Å². The molecule has 1 amide bonds. The first kappa shape index (κ1) is 17.7. The number of nitrogens with zero attached hydrogens (tertiary/aromatic N) is 2. The molecular formula is C16H17ClFN3OS2. The van der Waals surface area contributed by atoms with Gasteiger partial charge in [-0.1, -0.05) is 11.6 Å². The number of rotatable bonds is 3. The third kappa shape index (κ3) is 3.59. The molecule has 1 N–H and O–H groups in total. The molecule has 8 heteroatoms. The quantitative estimate of drug-likeness (QED) is 0.785. The van der Waals surface area contributed by atoms with E-state index in [-0.39, 0.29) is 27.9 Å². The van der Waals surface area contributed by atoms with Crippen LogP contribution >= 0.6 is 35.6 Å². The van der Waals surface area contributed by atoms with Crippen molar-refractivity contribution in [2.75, 3.05) is 4.90 Å². The summed E-state index contributed by atoms with van der Waals surface area (Å²) in [4.78, 5) is 19.1. The molecule has 2 unspecified atom stereocenters. The Morgan fingerprint density at radius 1 is 1.50 bits per heavy atom. The average molecular weight is 386 g/mol. The number of anilines is 1. The van der Waals surface area contributed by atoms with Crippen LogP contribution in [0.25, 0.3) is 0 Å². The topological polar surface area (TPSA) is 45.2 Å². The Balaban J connectivity index is 2.06. The van der Waals surface area contributed by atoms with Crippen molar-refractivity contribution in [3.63, 3.8) is 0 Å². The lowest BCUT2D eigenvalue weighted by atomic mass is 10.00. The number of carbonyl (C=O) groups excluding carboxylic acids is 1. The van der Waals surface area contributed by atoms with Crippen LogP contribution in [0.4, 0.5) is 10.1 Å². The molecule has 24 heavy (non-hydrogen) atoms. The van der Waals surface area contributed by atoms with Gasteiger partial charge in [0, 0.05) is 16.2 Å². The third-order valence-corrected chi connectivity index (χ3v) is 5.39. The van der Waals surface area contributed by atoms with E-state index in [1.54, 1.807) is 16.5 Å². The number of halogens is 2. The SMILES string of the molecule is CC1(C)CC(N(C(=O)c2cncs2)c2cc(F)cc(Cl)c2)C(S)N1. The Morgan fingerprint density at radius 2 is 2.25 bits per heavy atom. The number of hydrogen-bond donors (Lipinski definition) is 2. The van der Waals surface area contributed by atoms with Crippen LogP contribution in [0.2, 0.25) is 5.02 Å². The van der Waals surface area contributed by atoms with E-state index in [0.717, 1.165) is 0 Å². The molecule has 1 fully saturated rings.